The summed E-state index contributed by atoms with van der Waals surface area (Å²) < 4.78 is 23.7. The van der Waals surface area contributed by atoms with Gasteiger partial charge in [-0.15, -0.1) is 0 Å². The van der Waals surface area contributed by atoms with Crippen LogP contribution in [-0.2, 0) is 30.4 Å². The van der Waals surface area contributed by atoms with Gasteiger partial charge in [0, 0.05) is 51.2 Å². The van der Waals surface area contributed by atoms with Crippen LogP contribution in [0, 0.1) is 11.3 Å². The van der Waals surface area contributed by atoms with Crippen molar-refractivity contribution in [2.75, 3.05) is 64.5 Å². The van der Waals surface area contributed by atoms with Gasteiger partial charge in [-0.05, 0) is 66.3 Å². The molecule has 306 valence electrons. The summed E-state index contributed by atoms with van der Waals surface area (Å²) in [5.74, 6) is 0.258. The molecule has 3 atom stereocenters. The predicted octanol–water partition coefficient (Wildman–Crippen LogP) is 5.17. The Bertz CT molecular complexity index is 1980. The van der Waals surface area contributed by atoms with Crippen LogP contribution >= 0.6 is 0 Å². The molecular weight excluding hydrogens is 743 g/mol. The Morgan fingerprint density at radius 3 is 2.34 bits per heavy atom. The average Bonchev–Trinajstić information content (AvgIpc) is 3.68. The van der Waals surface area contributed by atoms with Crippen LogP contribution in [0.1, 0.15) is 66.1 Å². The molecule has 1 aliphatic carbocycles. The number of rotatable bonds is 10. The van der Waals surface area contributed by atoms with Crippen molar-refractivity contribution in [3.63, 3.8) is 0 Å². The lowest BCUT2D eigenvalue weighted by Crippen LogP contribution is -2.51. The van der Waals surface area contributed by atoms with E-state index in [1.54, 1.807) is 23.1 Å². The van der Waals surface area contributed by atoms with E-state index in [1.807, 2.05) is 70.5 Å². The molecule has 1 N–H and O–H groups in total. The molecule has 0 bridgehead atoms. The number of piperidine rings is 1. The molecule has 3 aromatic carbocycles. The molecule has 4 aliphatic heterocycles. The SMILES string of the molecule is COc1ccc(C(=O)N2CCC3(CC2)CC(CO[C@H]2C[C@@H](C(=O)N4CCO[C@H](c5ccccc5)C4)N(C(=O)OCc4ccccc4)C2)C3)cc1N1CCC(=O)NC1=O. The van der Waals surface area contributed by atoms with Gasteiger partial charge in [0.2, 0.25) is 11.8 Å². The number of hydrogen-bond acceptors (Lipinski definition) is 9. The third-order valence-electron chi connectivity index (χ3n) is 12.4. The highest BCUT2D eigenvalue weighted by molar-refractivity contribution is 6.07. The van der Waals surface area contributed by atoms with Crippen molar-refractivity contribution in [2.45, 2.75) is 63.4 Å². The highest BCUT2D eigenvalue weighted by Gasteiger charge is 2.48. The number of morpholine rings is 1. The fourth-order valence-electron chi connectivity index (χ4n) is 9.24. The lowest BCUT2D eigenvalue weighted by atomic mass is 9.58. The summed E-state index contributed by atoms with van der Waals surface area (Å²) in [5, 5.41) is 2.33. The van der Waals surface area contributed by atoms with Crippen LogP contribution < -0.4 is 15.0 Å². The van der Waals surface area contributed by atoms with Gasteiger partial charge in [-0.25, -0.2) is 9.59 Å². The number of anilines is 1. The van der Waals surface area contributed by atoms with Crippen molar-refractivity contribution in [1.82, 2.24) is 20.0 Å². The van der Waals surface area contributed by atoms with Gasteiger partial charge < -0.3 is 28.7 Å². The Morgan fingerprint density at radius 2 is 1.62 bits per heavy atom. The molecule has 14 nitrogen and oxygen atoms in total. The van der Waals surface area contributed by atoms with Crippen molar-refractivity contribution < 1.29 is 42.9 Å². The van der Waals surface area contributed by atoms with E-state index in [2.05, 4.69) is 5.32 Å². The van der Waals surface area contributed by atoms with Crippen molar-refractivity contribution in [1.29, 1.82) is 0 Å². The third-order valence-corrected chi connectivity index (χ3v) is 12.4. The van der Waals surface area contributed by atoms with E-state index in [1.165, 1.54) is 12.0 Å². The second-order valence-corrected chi connectivity index (χ2v) is 16.2. The predicted molar refractivity (Wildman–Crippen MR) is 212 cm³/mol. The molecule has 4 saturated heterocycles. The van der Waals surface area contributed by atoms with E-state index in [-0.39, 0.29) is 61.5 Å². The molecule has 5 aliphatic rings. The molecule has 5 fully saturated rings. The van der Waals surface area contributed by atoms with Crippen LogP contribution in [0.3, 0.4) is 0 Å². The molecule has 0 unspecified atom stereocenters. The maximum atomic E-state index is 14.1. The van der Waals surface area contributed by atoms with Gasteiger partial charge in [0.05, 0.1) is 38.6 Å². The average molecular weight is 794 g/mol. The Kier molecular flexibility index (Phi) is 11.7. The monoisotopic (exact) mass is 793 g/mol. The Morgan fingerprint density at radius 1 is 0.879 bits per heavy atom. The maximum Gasteiger partial charge on any atom is 0.410 e. The number of methoxy groups -OCH3 is 1. The van der Waals surface area contributed by atoms with Crippen LogP contribution in [0.2, 0.25) is 0 Å². The molecule has 4 heterocycles. The minimum atomic E-state index is -0.694. The quantitative estimate of drug-likeness (QED) is 0.294. The number of amides is 6. The molecule has 14 heteroatoms. The standard InChI is InChI=1S/C44H51N5O9/c1-55-37-13-12-33(22-35(37)48-17-14-39(50)45-42(48)53)40(51)46-18-15-44(16-19-46)24-31(25-44)29-57-34-23-36(49(26-34)43(54)58-28-30-8-4-2-5-9-30)41(52)47-20-21-56-38(27-47)32-10-6-3-7-11-32/h2-13,22,31,34,36,38H,14-21,23-29H2,1H3,(H,45,50,53)/t34-,36-,38-/m0/s1. The van der Waals surface area contributed by atoms with Crippen LogP contribution in [0.25, 0.3) is 0 Å². The van der Waals surface area contributed by atoms with Crippen LogP contribution in [0.15, 0.2) is 78.9 Å². The van der Waals surface area contributed by atoms with E-state index < -0.39 is 18.2 Å². The lowest BCUT2D eigenvalue weighted by Gasteiger charge is -2.52. The largest absolute Gasteiger partial charge is 0.495 e. The van der Waals surface area contributed by atoms with E-state index >= 15 is 0 Å². The Balaban J connectivity index is 0.847. The topological polar surface area (TPSA) is 147 Å². The molecule has 1 spiro atoms. The minimum absolute atomic E-state index is 0.101. The zero-order valence-corrected chi connectivity index (χ0v) is 32.9. The van der Waals surface area contributed by atoms with Gasteiger partial charge in [-0.1, -0.05) is 60.7 Å². The minimum Gasteiger partial charge on any atom is -0.495 e. The van der Waals surface area contributed by atoms with E-state index in [9.17, 15) is 24.0 Å². The zero-order valence-electron chi connectivity index (χ0n) is 32.9. The highest BCUT2D eigenvalue weighted by atomic mass is 16.6. The first-order chi connectivity index (χ1) is 28.2. The Labute approximate surface area is 338 Å². The molecule has 0 radical (unpaired) electrons. The number of nitrogens with zero attached hydrogens (tertiary/aromatic N) is 4. The summed E-state index contributed by atoms with van der Waals surface area (Å²) in [7, 11) is 1.51. The van der Waals surface area contributed by atoms with Crippen LogP contribution in [0.5, 0.6) is 5.75 Å². The Hall–Kier alpha value is -5.47. The lowest BCUT2D eigenvalue weighted by molar-refractivity contribution is -0.143. The normalized spacial score (nSPS) is 23.4. The number of carbonyl (C=O) groups excluding carboxylic acids is 5. The van der Waals surface area contributed by atoms with Gasteiger partial charge in [0.25, 0.3) is 5.91 Å². The number of likely N-dealkylation sites (tertiary alicyclic amines) is 2. The number of benzene rings is 3. The second kappa shape index (κ2) is 17.2. The summed E-state index contributed by atoms with van der Waals surface area (Å²) >= 11 is 0. The van der Waals surface area contributed by atoms with E-state index in [0.29, 0.717) is 68.7 Å². The van der Waals surface area contributed by atoms with Crippen molar-refractivity contribution in [2.24, 2.45) is 11.3 Å². The summed E-state index contributed by atoms with van der Waals surface area (Å²) in [6.07, 6.45) is 3.28. The maximum absolute atomic E-state index is 14.1. The first kappa shape index (κ1) is 39.4. The molecule has 58 heavy (non-hydrogen) atoms. The number of imide groups is 1. The molecule has 1 saturated carbocycles. The number of ether oxygens (including phenoxy) is 4. The van der Waals surface area contributed by atoms with Crippen molar-refractivity contribution in [3.05, 3.63) is 95.6 Å². The van der Waals surface area contributed by atoms with Crippen molar-refractivity contribution in [3.8, 4) is 5.75 Å². The van der Waals surface area contributed by atoms with Gasteiger partial charge in [0.15, 0.2) is 0 Å². The molecule has 8 rings (SSSR count). The number of nitrogens with one attached hydrogen (secondary N) is 1. The van der Waals surface area contributed by atoms with Gasteiger partial charge in [0.1, 0.15) is 24.5 Å². The fourth-order valence-corrected chi connectivity index (χ4v) is 9.24. The summed E-state index contributed by atoms with van der Waals surface area (Å²) in [6, 6.07) is 23.2. The van der Waals surface area contributed by atoms with E-state index in [0.717, 1.165) is 36.8 Å². The first-order valence-electron chi connectivity index (χ1n) is 20.3. The summed E-state index contributed by atoms with van der Waals surface area (Å²) in [5.41, 5.74) is 2.96. The summed E-state index contributed by atoms with van der Waals surface area (Å²) in [6.45, 7) is 3.68. The zero-order chi connectivity index (χ0) is 40.2. The third kappa shape index (κ3) is 8.53. The molecule has 6 amide bonds. The number of carbonyl (C=O) groups is 5. The summed E-state index contributed by atoms with van der Waals surface area (Å²) in [4.78, 5) is 72.3. The fraction of sp³-hybridized carbons (Fsp3) is 0.477. The van der Waals surface area contributed by atoms with E-state index in [4.69, 9.17) is 18.9 Å². The first-order valence-corrected chi connectivity index (χ1v) is 20.3. The smallest absolute Gasteiger partial charge is 0.410 e. The second-order valence-electron chi connectivity index (χ2n) is 16.2. The number of hydrogen-bond donors (Lipinski definition) is 1. The van der Waals surface area contributed by atoms with Crippen LogP contribution in [-0.4, -0.2) is 116 Å². The molecule has 3 aromatic rings. The van der Waals surface area contributed by atoms with Crippen LogP contribution in [0.4, 0.5) is 15.3 Å². The highest BCUT2D eigenvalue weighted by Crippen LogP contribution is 2.53. The molecular formula is C44H51N5O9. The number of urea groups is 1. The molecule has 0 aromatic heterocycles. The van der Waals surface area contributed by atoms with Gasteiger partial charge in [-0.2, -0.15) is 0 Å². The van der Waals surface area contributed by atoms with Gasteiger partial charge in [-0.3, -0.25) is 29.5 Å². The van der Waals surface area contributed by atoms with Gasteiger partial charge >= 0.3 is 12.1 Å². The van der Waals surface area contributed by atoms with Crippen molar-refractivity contribution >= 4 is 35.5 Å².